The van der Waals surface area contributed by atoms with E-state index in [0.29, 0.717) is 0 Å². The zero-order chi connectivity index (χ0) is 31.8. The summed E-state index contributed by atoms with van der Waals surface area (Å²) in [4.78, 5) is 0. The molecule has 0 amide bonds. The maximum absolute atomic E-state index is 2.43. The Labute approximate surface area is 275 Å². The number of nitrogens with zero attached hydrogens (tertiary/aromatic N) is 1. The Bertz CT molecular complexity index is 2330. The number of benzene rings is 6. The molecule has 0 atom stereocenters. The summed E-state index contributed by atoms with van der Waals surface area (Å²) in [5.74, 6) is 0. The molecule has 0 aliphatic carbocycles. The van der Waals surface area contributed by atoms with Gasteiger partial charge in [-0.15, -0.1) is 11.3 Å². The van der Waals surface area contributed by atoms with Gasteiger partial charge in [-0.2, -0.15) is 0 Å². The van der Waals surface area contributed by atoms with E-state index in [-0.39, 0.29) is 10.8 Å². The second-order valence-electron chi connectivity index (χ2n) is 14.7. The zero-order valence-corrected chi connectivity index (χ0v) is 28.3. The molecular formula is C44H39NS. The van der Waals surface area contributed by atoms with Crippen molar-refractivity contribution in [2.75, 3.05) is 0 Å². The third kappa shape index (κ3) is 4.75. The van der Waals surface area contributed by atoms with Gasteiger partial charge in [0.1, 0.15) is 0 Å². The van der Waals surface area contributed by atoms with Crippen LogP contribution in [0.2, 0.25) is 0 Å². The van der Waals surface area contributed by atoms with Crippen LogP contribution in [0, 0.1) is 0 Å². The number of rotatable bonds is 3. The van der Waals surface area contributed by atoms with Crippen LogP contribution in [0.3, 0.4) is 0 Å². The minimum Gasteiger partial charge on any atom is -0.309 e. The lowest BCUT2D eigenvalue weighted by Crippen LogP contribution is -2.10. The van der Waals surface area contributed by atoms with Gasteiger partial charge in [0, 0.05) is 36.6 Å². The van der Waals surface area contributed by atoms with Crippen molar-refractivity contribution >= 4 is 53.3 Å². The van der Waals surface area contributed by atoms with Crippen molar-refractivity contribution in [1.82, 2.24) is 4.57 Å². The number of fused-ring (bicyclic) bond motifs is 6. The fourth-order valence-corrected chi connectivity index (χ4v) is 8.03. The molecule has 0 N–H and O–H groups in total. The van der Waals surface area contributed by atoms with Crippen molar-refractivity contribution in [2.45, 2.75) is 52.4 Å². The standard InChI is InChI=1S/C44H39NS/c1-43(2,3)31-20-24-38-36(26-31)37-27-32(44(4,5)6)21-25-39(37)45(38)33-22-18-29(19-23-33)28-14-16-30(17-15-28)34-11-9-13-41-42(34)35-10-7-8-12-40(35)46-41/h7-27H,1-6H3. The minimum absolute atomic E-state index is 0.0887. The van der Waals surface area contributed by atoms with Gasteiger partial charge in [-0.25, -0.2) is 0 Å². The molecule has 226 valence electrons. The van der Waals surface area contributed by atoms with Crippen LogP contribution in [-0.2, 0) is 10.8 Å². The summed E-state index contributed by atoms with van der Waals surface area (Å²) >= 11 is 1.87. The Kier molecular flexibility index (Phi) is 6.53. The monoisotopic (exact) mass is 613 g/mol. The maximum atomic E-state index is 2.43. The van der Waals surface area contributed by atoms with E-state index >= 15 is 0 Å². The molecule has 0 unspecified atom stereocenters. The molecule has 2 heteroatoms. The van der Waals surface area contributed by atoms with E-state index in [1.807, 2.05) is 11.3 Å². The summed E-state index contributed by atoms with van der Waals surface area (Å²) in [6.45, 7) is 13.8. The summed E-state index contributed by atoms with van der Waals surface area (Å²) in [6.07, 6.45) is 0. The van der Waals surface area contributed by atoms with Gasteiger partial charge in [0.2, 0.25) is 0 Å². The van der Waals surface area contributed by atoms with Gasteiger partial charge in [-0.1, -0.05) is 120 Å². The predicted molar refractivity (Wildman–Crippen MR) is 202 cm³/mol. The van der Waals surface area contributed by atoms with Crippen molar-refractivity contribution in [3.63, 3.8) is 0 Å². The second kappa shape index (κ2) is 10.4. The zero-order valence-electron chi connectivity index (χ0n) is 27.5. The third-order valence-corrected chi connectivity index (χ3v) is 10.7. The highest BCUT2D eigenvalue weighted by atomic mass is 32.1. The molecule has 0 spiro atoms. The first-order chi connectivity index (χ1) is 22.1. The Morgan fingerprint density at radius 3 is 1.57 bits per heavy atom. The lowest BCUT2D eigenvalue weighted by atomic mass is 9.85. The highest BCUT2D eigenvalue weighted by molar-refractivity contribution is 7.25. The average Bonchev–Trinajstić information content (AvgIpc) is 3.59. The van der Waals surface area contributed by atoms with Gasteiger partial charge in [-0.05, 0) is 92.7 Å². The Balaban J connectivity index is 1.19. The fraction of sp³-hybridized carbons (Fsp3) is 0.182. The van der Waals surface area contributed by atoms with Gasteiger partial charge in [0.25, 0.3) is 0 Å². The molecule has 0 saturated heterocycles. The van der Waals surface area contributed by atoms with E-state index in [4.69, 9.17) is 0 Å². The van der Waals surface area contributed by atoms with E-state index in [9.17, 15) is 0 Å². The Morgan fingerprint density at radius 2 is 0.978 bits per heavy atom. The van der Waals surface area contributed by atoms with Gasteiger partial charge in [0.05, 0.1) is 11.0 Å². The lowest BCUT2D eigenvalue weighted by molar-refractivity contribution is 0.590. The first-order valence-electron chi connectivity index (χ1n) is 16.3. The first-order valence-corrected chi connectivity index (χ1v) is 17.1. The molecule has 2 heterocycles. The molecule has 0 saturated carbocycles. The summed E-state index contributed by atoms with van der Waals surface area (Å²) in [6, 6.07) is 47.6. The molecule has 0 bridgehead atoms. The molecule has 0 fully saturated rings. The fourth-order valence-electron chi connectivity index (χ4n) is 6.89. The highest BCUT2D eigenvalue weighted by Crippen LogP contribution is 2.41. The maximum Gasteiger partial charge on any atom is 0.0541 e. The van der Waals surface area contributed by atoms with Crippen LogP contribution in [0.1, 0.15) is 52.7 Å². The van der Waals surface area contributed by atoms with Crippen LogP contribution < -0.4 is 0 Å². The van der Waals surface area contributed by atoms with Gasteiger partial charge < -0.3 is 4.57 Å². The summed E-state index contributed by atoms with van der Waals surface area (Å²) in [5, 5.41) is 5.34. The van der Waals surface area contributed by atoms with E-state index < -0.39 is 0 Å². The highest BCUT2D eigenvalue weighted by Gasteiger charge is 2.21. The lowest BCUT2D eigenvalue weighted by Gasteiger charge is -2.19. The van der Waals surface area contributed by atoms with Crippen LogP contribution in [0.5, 0.6) is 0 Å². The van der Waals surface area contributed by atoms with Crippen LogP contribution in [0.15, 0.2) is 127 Å². The van der Waals surface area contributed by atoms with E-state index in [1.54, 1.807) is 0 Å². The molecule has 8 rings (SSSR count). The summed E-state index contributed by atoms with van der Waals surface area (Å²) in [7, 11) is 0. The number of hydrogen-bond donors (Lipinski definition) is 0. The van der Waals surface area contributed by atoms with Crippen LogP contribution in [0.4, 0.5) is 0 Å². The number of aromatic nitrogens is 1. The molecule has 2 aromatic heterocycles. The number of hydrogen-bond acceptors (Lipinski definition) is 1. The molecular weight excluding hydrogens is 575 g/mol. The van der Waals surface area contributed by atoms with Crippen LogP contribution in [-0.4, -0.2) is 4.57 Å². The van der Waals surface area contributed by atoms with Crippen molar-refractivity contribution < 1.29 is 0 Å². The molecule has 8 aromatic rings. The molecule has 0 aliphatic heterocycles. The van der Waals surface area contributed by atoms with E-state index in [1.165, 1.54) is 81.0 Å². The van der Waals surface area contributed by atoms with Crippen LogP contribution in [0.25, 0.3) is 69.9 Å². The average molecular weight is 614 g/mol. The molecule has 1 nitrogen and oxygen atoms in total. The largest absolute Gasteiger partial charge is 0.309 e. The normalized spacial score (nSPS) is 12.6. The van der Waals surface area contributed by atoms with Crippen molar-refractivity contribution in [2.24, 2.45) is 0 Å². The second-order valence-corrected chi connectivity index (χ2v) is 15.8. The topological polar surface area (TPSA) is 4.93 Å². The summed E-state index contributed by atoms with van der Waals surface area (Å²) < 4.78 is 5.12. The Hall–Kier alpha value is -4.66. The van der Waals surface area contributed by atoms with Gasteiger partial charge in [-0.3, -0.25) is 0 Å². The first kappa shape index (κ1) is 28.8. The van der Waals surface area contributed by atoms with Crippen molar-refractivity contribution in [3.8, 4) is 27.9 Å². The van der Waals surface area contributed by atoms with Gasteiger partial charge in [0.15, 0.2) is 0 Å². The van der Waals surface area contributed by atoms with E-state index in [0.717, 1.165) is 0 Å². The molecule has 6 aromatic carbocycles. The van der Waals surface area contributed by atoms with Crippen LogP contribution >= 0.6 is 11.3 Å². The summed E-state index contributed by atoms with van der Waals surface area (Å²) in [5.41, 5.74) is 11.6. The van der Waals surface area contributed by atoms with Crippen molar-refractivity contribution in [3.05, 3.63) is 139 Å². The molecule has 0 radical (unpaired) electrons. The van der Waals surface area contributed by atoms with Crippen molar-refractivity contribution in [1.29, 1.82) is 0 Å². The number of thiophene rings is 1. The smallest absolute Gasteiger partial charge is 0.0541 e. The molecule has 46 heavy (non-hydrogen) atoms. The predicted octanol–water partition coefficient (Wildman–Crippen LogP) is 13.1. The molecule has 0 aliphatic rings. The minimum atomic E-state index is 0.0887. The quantitative estimate of drug-likeness (QED) is 0.187. The Morgan fingerprint density at radius 1 is 0.457 bits per heavy atom. The van der Waals surface area contributed by atoms with Gasteiger partial charge >= 0.3 is 0 Å². The SMILES string of the molecule is CC(C)(C)c1ccc2c(c1)c1cc(C(C)(C)C)ccc1n2-c1ccc(-c2ccc(-c3cccc4sc5ccccc5c34)cc2)cc1. The third-order valence-electron chi connectivity index (χ3n) is 9.55. The van der Waals surface area contributed by atoms with E-state index in [2.05, 4.69) is 174 Å².